The molecule has 6 rings (SSSR count). The summed E-state index contributed by atoms with van der Waals surface area (Å²) in [6.45, 7) is -0.0555. The predicted molar refractivity (Wildman–Crippen MR) is 200 cm³/mol. The molecule has 2 aromatic carbocycles. The van der Waals surface area contributed by atoms with Crippen LogP contribution in [0.3, 0.4) is 0 Å². The first-order chi connectivity index (χ1) is 26.4. The minimum absolute atomic E-state index is 0.0296. The Morgan fingerprint density at radius 3 is 2.49 bits per heavy atom. The minimum Gasteiger partial charge on any atom is -0.508 e. The number of aromatic carboxylic acids is 1. The van der Waals surface area contributed by atoms with Crippen LogP contribution in [-0.4, -0.2) is 73.0 Å². The molecule has 1 saturated heterocycles. The van der Waals surface area contributed by atoms with Crippen LogP contribution < -0.4 is 22.0 Å². The van der Waals surface area contributed by atoms with Gasteiger partial charge in [0.25, 0.3) is 5.56 Å². The van der Waals surface area contributed by atoms with E-state index in [4.69, 9.17) is 9.15 Å². The first-order valence-electron chi connectivity index (χ1n) is 17.8. The smallest absolute Gasteiger partial charge is 0.336 e. The quantitative estimate of drug-likeness (QED) is 0.0387. The number of nitrogens with one attached hydrogen (secondary N) is 2. The highest BCUT2D eigenvalue weighted by atomic mass is 16.5. The van der Waals surface area contributed by atoms with Gasteiger partial charge in [-0.05, 0) is 60.9 Å². The summed E-state index contributed by atoms with van der Waals surface area (Å²) in [7, 11) is 0. The number of fused-ring (bicyclic) bond motifs is 2. The van der Waals surface area contributed by atoms with Crippen molar-refractivity contribution < 1.29 is 44.0 Å². The van der Waals surface area contributed by atoms with Crippen LogP contribution in [0.4, 0.5) is 0 Å². The van der Waals surface area contributed by atoms with Crippen molar-refractivity contribution in [1.29, 1.82) is 0 Å². The molecule has 55 heavy (non-hydrogen) atoms. The minimum atomic E-state index is -1.20. The molecule has 1 amide bonds. The van der Waals surface area contributed by atoms with E-state index in [0.717, 1.165) is 23.8 Å². The average Bonchev–Trinajstić information content (AvgIpc) is 3.53. The molecule has 3 heterocycles. The van der Waals surface area contributed by atoms with Gasteiger partial charge < -0.3 is 34.9 Å². The van der Waals surface area contributed by atoms with E-state index in [1.165, 1.54) is 54.7 Å². The van der Waals surface area contributed by atoms with Gasteiger partial charge >= 0.3 is 11.7 Å². The zero-order chi connectivity index (χ0) is 39.2. The number of aliphatic hydroxyl groups is 2. The van der Waals surface area contributed by atoms with Crippen LogP contribution in [0.5, 0.6) is 5.75 Å². The van der Waals surface area contributed by atoms with Crippen molar-refractivity contribution in [3.05, 3.63) is 115 Å². The van der Waals surface area contributed by atoms with E-state index in [1.807, 2.05) is 0 Å². The van der Waals surface area contributed by atoms with Gasteiger partial charge in [0.15, 0.2) is 11.2 Å². The van der Waals surface area contributed by atoms with Crippen LogP contribution in [0.2, 0.25) is 0 Å². The summed E-state index contributed by atoms with van der Waals surface area (Å²) in [5.74, 6) is -1.67. The van der Waals surface area contributed by atoms with E-state index >= 15 is 0 Å². The molecule has 2 aliphatic heterocycles. The van der Waals surface area contributed by atoms with Gasteiger partial charge in [-0.15, -0.1) is 0 Å². The number of rotatable bonds is 15. The monoisotopic (exact) mass is 753 g/mol. The lowest BCUT2D eigenvalue weighted by molar-refractivity contribution is -0.116. The molecule has 15 nitrogen and oxygen atoms in total. The van der Waals surface area contributed by atoms with Crippen molar-refractivity contribution in [2.24, 2.45) is 0 Å². The number of nitrogens with zero attached hydrogens (tertiary/aromatic N) is 1. The number of ether oxygens (including phenoxy) is 1. The van der Waals surface area contributed by atoms with Gasteiger partial charge in [-0.1, -0.05) is 25.3 Å². The Labute approximate surface area is 312 Å². The summed E-state index contributed by atoms with van der Waals surface area (Å²) in [6.07, 6.45) is 4.82. The lowest BCUT2D eigenvalue weighted by Gasteiger charge is -2.17. The van der Waals surface area contributed by atoms with Gasteiger partial charge in [-0.2, -0.15) is 0 Å². The van der Waals surface area contributed by atoms with Gasteiger partial charge in [0, 0.05) is 65.9 Å². The number of H-pyrrole nitrogens is 1. The molecule has 15 heteroatoms. The number of phenolic OH excluding ortho intramolecular Hbond substituents is 1. The number of hydrogen-bond donors (Lipinski definition) is 6. The van der Waals surface area contributed by atoms with Crippen LogP contribution in [0.25, 0.3) is 39.5 Å². The number of benzene rings is 3. The number of Topliss-reactive ketones (excluding diaryl/α,β-unsaturated/α-hetero) is 1. The molecule has 6 N–H and O–H groups in total. The summed E-state index contributed by atoms with van der Waals surface area (Å²) in [5.41, 5.74) is 0.0170. The summed E-state index contributed by atoms with van der Waals surface area (Å²) in [4.78, 5) is 76.9. The molecule has 1 unspecified atom stereocenters. The van der Waals surface area contributed by atoms with E-state index in [0.29, 0.717) is 41.5 Å². The second-order valence-electron chi connectivity index (χ2n) is 13.3. The van der Waals surface area contributed by atoms with Crippen LogP contribution in [0.1, 0.15) is 77.5 Å². The van der Waals surface area contributed by atoms with Gasteiger partial charge in [0.1, 0.15) is 29.4 Å². The number of aromatic nitrogens is 2. The van der Waals surface area contributed by atoms with E-state index in [1.54, 1.807) is 18.2 Å². The van der Waals surface area contributed by atoms with Crippen molar-refractivity contribution in [3.8, 4) is 28.2 Å². The molecule has 0 radical (unpaired) electrons. The maximum atomic E-state index is 13.3. The number of carboxylic acids is 1. The van der Waals surface area contributed by atoms with E-state index in [9.17, 15) is 49.2 Å². The fraction of sp³-hybridized carbons (Fsp3) is 0.300. The number of aliphatic hydroxyl groups excluding tert-OH is 2. The SMILES string of the molecule is O=C(/C=C/c1cn([C@H]2CC(O)[C@@H](CO)O2)c(=O)[nH]c1=O)NCCCCCCCC(=O)c1ccc(C(=O)O)c(-c2c3ccc(=O)cc-3oc3cc(O)ccc23)c1. The number of aromatic hydroxyl groups is 1. The molecule has 1 aromatic heterocycles. The summed E-state index contributed by atoms with van der Waals surface area (Å²) >= 11 is 0. The number of unbranched alkanes of at least 4 members (excludes halogenated alkanes) is 4. The largest absolute Gasteiger partial charge is 0.508 e. The van der Waals surface area contributed by atoms with Gasteiger partial charge in [-0.25, -0.2) is 9.59 Å². The molecule has 3 atom stereocenters. The predicted octanol–water partition coefficient (Wildman–Crippen LogP) is 3.81. The first kappa shape index (κ1) is 38.6. The van der Waals surface area contributed by atoms with Gasteiger partial charge in [0.05, 0.1) is 23.8 Å². The van der Waals surface area contributed by atoms with Gasteiger partial charge in [-0.3, -0.25) is 28.7 Å². The number of carboxylic acid groups (broad SMARTS) is 1. The van der Waals surface area contributed by atoms with Crippen LogP contribution >= 0.6 is 0 Å². The molecular formula is C40H39N3O12. The maximum Gasteiger partial charge on any atom is 0.336 e. The van der Waals surface area contributed by atoms with Crippen molar-refractivity contribution in [3.63, 3.8) is 0 Å². The van der Waals surface area contributed by atoms with Crippen molar-refractivity contribution >= 4 is 34.7 Å². The normalized spacial score (nSPS) is 16.9. The highest BCUT2D eigenvalue weighted by Gasteiger charge is 2.35. The lowest BCUT2D eigenvalue weighted by atomic mass is 9.88. The maximum absolute atomic E-state index is 13.3. The second-order valence-corrected chi connectivity index (χ2v) is 13.3. The Hall–Kier alpha value is -6.16. The topological polar surface area (TPSA) is 238 Å². The number of carbonyl (C=O) groups excluding carboxylic acids is 2. The third-order valence-electron chi connectivity index (χ3n) is 9.50. The Morgan fingerprint density at radius 2 is 1.73 bits per heavy atom. The fourth-order valence-electron chi connectivity index (χ4n) is 6.67. The Morgan fingerprint density at radius 1 is 0.945 bits per heavy atom. The second kappa shape index (κ2) is 16.9. The van der Waals surface area contributed by atoms with Crippen molar-refractivity contribution in [2.45, 2.75) is 63.4 Å². The number of amides is 1. The van der Waals surface area contributed by atoms with Crippen molar-refractivity contribution in [1.82, 2.24) is 14.9 Å². The summed E-state index contributed by atoms with van der Waals surface area (Å²) in [5, 5.41) is 42.7. The van der Waals surface area contributed by atoms with E-state index < -0.39 is 48.2 Å². The van der Waals surface area contributed by atoms with Crippen LogP contribution in [-0.2, 0) is 9.53 Å². The van der Waals surface area contributed by atoms with Gasteiger partial charge in [0.2, 0.25) is 5.91 Å². The van der Waals surface area contributed by atoms with E-state index in [-0.39, 0.29) is 57.8 Å². The third kappa shape index (κ3) is 8.81. The Balaban J connectivity index is 1.01. The summed E-state index contributed by atoms with van der Waals surface area (Å²) in [6, 6.07) is 13.0. The number of hydrogen-bond acceptors (Lipinski definition) is 11. The molecule has 3 aromatic rings. The van der Waals surface area contributed by atoms with E-state index in [2.05, 4.69) is 10.3 Å². The Kier molecular flexibility index (Phi) is 11.8. The molecule has 286 valence electrons. The molecular weight excluding hydrogens is 714 g/mol. The number of carbonyl (C=O) groups is 3. The Bertz CT molecular complexity index is 2430. The van der Waals surface area contributed by atoms with Crippen molar-refractivity contribution in [2.75, 3.05) is 13.2 Å². The molecule has 0 spiro atoms. The number of aromatic amines is 1. The first-order valence-corrected chi connectivity index (χ1v) is 17.8. The average molecular weight is 754 g/mol. The highest BCUT2D eigenvalue weighted by Crippen LogP contribution is 2.42. The number of phenols is 1. The van der Waals surface area contributed by atoms with Crippen LogP contribution in [0.15, 0.2) is 85.7 Å². The van der Waals surface area contributed by atoms with Crippen LogP contribution in [0, 0.1) is 0 Å². The molecule has 3 aliphatic rings. The molecule has 1 aliphatic carbocycles. The third-order valence-corrected chi connectivity index (χ3v) is 9.50. The standard InChI is InChI=1S/C40H39N3O12/c44-21-34-31(48)19-36(55-34)43-20-23(38(50)42-40(43)53)8-14-35(49)41-15-5-3-1-2-4-6-30(47)22-7-11-26(39(51)52)29(16-22)37-27-12-9-24(45)17-32(27)54-33-18-25(46)10-13-28(33)37/h7-14,16-18,20,31,34,36,44-45,48H,1-6,15,19,21H2,(H,41,49)(H,51,52)(H,42,50,53)/b14-8+/t31?,34-,36-/m1/s1. The molecule has 0 bridgehead atoms. The lowest BCUT2D eigenvalue weighted by Crippen LogP contribution is -2.33. The molecule has 1 fully saturated rings. The zero-order valence-electron chi connectivity index (χ0n) is 29.5. The highest BCUT2D eigenvalue weighted by molar-refractivity contribution is 6.09. The number of ketones is 1. The fourth-order valence-corrected chi connectivity index (χ4v) is 6.67. The summed E-state index contributed by atoms with van der Waals surface area (Å²) < 4.78 is 12.5. The molecule has 0 saturated carbocycles. The zero-order valence-corrected chi connectivity index (χ0v) is 29.5.